The van der Waals surface area contributed by atoms with E-state index in [1.54, 1.807) is 42.6 Å². The summed E-state index contributed by atoms with van der Waals surface area (Å²) < 4.78 is 6.01. The molecule has 2 aromatic carbocycles. The van der Waals surface area contributed by atoms with E-state index in [1.165, 1.54) is 0 Å². The molecule has 0 spiro atoms. The van der Waals surface area contributed by atoms with Gasteiger partial charge in [0.05, 0.1) is 24.1 Å². The second-order valence-corrected chi connectivity index (χ2v) is 12.8. The van der Waals surface area contributed by atoms with Gasteiger partial charge in [0.25, 0.3) is 0 Å². The van der Waals surface area contributed by atoms with Gasteiger partial charge in [-0.1, -0.05) is 55.5 Å². The normalized spacial score (nSPS) is 27.7. The molecule has 2 fully saturated rings. The van der Waals surface area contributed by atoms with Gasteiger partial charge in [-0.05, 0) is 35.6 Å². The molecule has 2 saturated heterocycles. The van der Waals surface area contributed by atoms with E-state index >= 15 is 0 Å². The molecule has 0 unspecified atom stereocenters. The standard InChI is InChI=1S/C31H35N3O5S/c1-16-26-25(17(2)35)30(37)34(26)27(28(16)40-18-13-24(32-14-18)29(36)33(3)4)31(38)39-15-23-21-11-7-5-9-19(21)20-10-6-8-12-22(20)23/h5-12,16-18,23-26,32,35H,13-15H2,1-4H3/t16-,17+,18+,24+,25-,26-/m1/s1. The fraction of sp³-hybridized carbons (Fsp3) is 0.452. The van der Waals surface area contributed by atoms with Crippen molar-refractivity contribution in [1.82, 2.24) is 15.1 Å². The number of nitrogens with zero attached hydrogens (tertiary/aromatic N) is 2. The Labute approximate surface area is 238 Å². The number of aliphatic hydroxyl groups is 1. The smallest absolute Gasteiger partial charge is 0.355 e. The number of carbonyl (C=O) groups excluding carboxylic acids is 3. The monoisotopic (exact) mass is 561 g/mol. The number of hydrogen-bond donors (Lipinski definition) is 2. The first-order chi connectivity index (χ1) is 19.2. The Kier molecular flexibility index (Phi) is 7.01. The highest BCUT2D eigenvalue weighted by atomic mass is 32.2. The van der Waals surface area contributed by atoms with Crippen molar-refractivity contribution >= 4 is 29.5 Å². The quantitative estimate of drug-likeness (QED) is 0.396. The molecular weight excluding hydrogens is 526 g/mol. The van der Waals surface area contributed by atoms with Gasteiger partial charge in [-0.25, -0.2) is 4.79 Å². The minimum atomic E-state index is -0.806. The van der Waals surface area contributed by atoms with E-state index in [0.29, 0.717) is 18.7 Å². The SMILES string of the molecule is C[C@H](O)[C@H]1C(=O)N2C(C(=O)OCC3c4ccccc4-c4ccccc43)=C(S[C@@H]3CN[C@H](C(=O)N(C)C)C3)[C@H](C)[C@H]12. The van der Waals surface area contributed by atoms with E-state index in [2.05, 4.69) is 29.6 Å². The van der Waals surface area contributed by atoms with Gasteiger partial charge in [-0.3, -0.25) is 9.59 Å². The van der Waals surface area contributed by atoms with Gasteiger partial charge in [0.15, 0.2) is 0 Å². The van der Waals surface area contributed by atoms with Crippen LogP contribution in [0.1, 0.15) is 37.3 Å². The third-order valence-corrected chi connectivity index (χ3v) is 10.3. The van der Waals surface area contributed by atoms with E-state index in [9.17, 15) is 19.5 Å². The first kappa shape index (κ1) is 27.1. The number of carbonyl (C=O) groups is 3. The van der Waals surface area contributed by atoms with E-state index in [0.717, 1.165) is 27.2 Å². The number of ether oxygens (including phenoxy) is 1. The van der Waals surface area contributed by atoms with Crippen molar-refractivity contribution in [1.29, 1.82) is 0 Å². The van der Waals surface area contributed by atoms with Crippen molar-refractivity contribution in [2.45, 2.75) is 49.6 Å². The summed E-state index contributed by atoms with van der Waals surface area (Å²) in [5.41, 5.74) is 4.85. The van der Waals surface area contributed by atoms with Crippen LogP contribution < -0.4 is 5.32 Å². The number of rotatable bonds is 7. The van der Waals surface area contributed by atoms with Crippen molar-refractivity contribution in [2.24, 2.45) is 11.8 Å². The average molecular weight is 562 g/mol. The second kappa shape index (κ2) is 10.4. The van der Waals surface area contributed by atoms with Crippen LogP contribution in [0.5, 0.6) is 0 Å². The van der Waals surface area contributed by atoms with Crippen molar-refractivity contribution in [3.05, 3.63) is 70.3 Å². The molecule has 0 radical (unpaired) electrons. The maximum absolute atomic E-state index is 13.8. The fourth-order valence-electron chi connectivity index (χ4n) is 6.81. The largest absolute Gasteiger partial charge is 0.460 e. The zero-order chi connectivity index (χ0) is 28.3. The maximum atomic E-state index is 13.8. The predicted octanol–water partition coefficient (Wildman–Crippen LogP) is 2.96. The van der Waals surface area contributed by atoms with Crippen molar-refractivity contribution in [2.75, 3.05) is 27.2 Å². The Bertz CT molecular complexity index is 1360. The third kappa shape index (κ3) is 4.26. The van der Waals surface area contributed by atoms with Gasteiger partial charge in [0, 0.05) is 42.6 Å². The van der Waals surface area contributed by atoms with Gasteiger partial charge in [0.2, 0.25) is 11.8 Å². The first-order valence-corrected chi connectivity index (χ1v) is 14.8. The summed E-state index contributed by atoms with van der Waals surface area (Å²) in [7, 11) is 3.49. The minimum absolute atomic E-state index is 0.0291. The molecule has 6 atom stereocenters. The zero-order valence-corrected chi connectivity index (χ0v) is 24.0. The Hall–Kier alpha value is -3.14. The van der Waals surface area contributed by atoms with Crippen LogP contribution in [-0.2, 0) is 19.1 Å². The van der Waals surface area contributed by atoms with Crippen LogP contribution in [0.2, 0.25) is 0 Å². The molecule has 40 heavy (non-hydrogen) atoms. The Morgan fingerprint density at radius 2 is 1.75 bits per heavy atom. The maximum Gasteiger partial charge on any atom is 0.355 e. The molecule has 3 aliphatic heterocycles. The summed E-state index contributed by atoms with van der Waals surface area (Å²) in [6, 6.07) is 15.8. The van der Waals surface area contributed by atoms with Gasteiger partial charge in [-0.15, -0.1) is 11.8 Å². The summed E-state index contributed by atoms with van der Waals surface area (Å²) in [6.07, 6.45) is -0.173. The molecule has 6 rings (SSSR count). The van der Waals surface area contributed by atoms with Crippen molar-refractivity contribution < 1.29 is 24.2 Å². The molecule has 2 N–H and O–H groups in total. The number of nitrogens with one attached hydrogen (secondary N) is 1. The van der Waals surface area contributed by atoms with Crippen LogP contribution in [0.3, 0.4) is 0 Å². The number of amides is 2. The summed E-state index contributed by atoms with van der Waals surface area (Å²) in [5.74, 6) is -1.48. The van der Waals surface area contributed by atoms with Gasteiger partial charge in [0.1, 0.15) is 12.3 Å². The van der Waals surface area contributed by atoms with Crippen molar-refractivity contribution in [3.63, 3.8) is 0 Å². The molecular formula is C31H35N3O5S. The molecule has 0 saturated carbocycles. The Balaban J connectivity index is 1.26. The van der Waals surface area contributed by atoms with Crippen LogP contribution in [0.25, 0.3) is 11.1 Å². The summed E-state index contributed by atoms with van der Waals surface area (Å²) in [6.45, 7) is 4.43. The second-order valence-electron chi connectivity index (χ2n) is 11.5. The lowest BCUT2D eigenvalue weighted by Crippen LogP contribution is -2.63. The highest BCUT2D eigenvalue weighted by Crippen LogP contribution is 2.52. The number of likely N-dealkylation sites (N-methyl/N-ethyl adjacent to an activating group) is 1. The molecule has 210 valence electrons. The molecule has 8 nitrogen and oxygen atoms in total. The fourth-order valence-corrected chi connectivity index (χ4v) is 8.28. The van der Waals surface area contributed by atoms with E-state index in [1.807, 2.05) is 31.2 Å². The van der Waals surface area contributed by atoms with Crippen molar-refractivity contribution in [3.8, 4) is 11.1 Å². The van der Waals surface area contributed by atoms with Crippen LogP contribution >= 0.6 is 11.8 Å². The first-order valence-electron chi connectivity index (χ1n) is 13.9. The Morgan fingerprint density at radius 1 is 1.12 bits per heavy atom. The average Bonchev–Trinajstić information content (AvgIpc) is 3.59. The summed E-state index contributed by atoms with van der Waals surface area (Å²) >= 11 is 1.56. The molecule has 2 aromatic rings. The highest BCUT2D eigenvalue weighted by Gasteiger charge is 2.60. The molecule has 0 aromatic heterocycles. The number of hydrogen-bond acceptors (Lipinski definition) is 7. The molecule has 1 aliphatic carbocycles. The Morgan fingerprint density at radius 3 is 2.35 bits per heavy atom. The lowest BCUT2D eigenvalue weighted by molar-refractivity contribution is -0.164. The van der Waals surface area contributed by atoms with Crippen LogP contribution in [0, 0.1) is 11.8 Å². The lowest BCUT2D eigenvalue weighted by Gasteiger charge is -2.46. The molecule has 4 aliphatic rings. The van der Waals surface area contributed by atoms with E-state index in [-0.39, 0.29) is 47.6 Å². The van der Waals surface area contributed by atoms with Gasteiger partial charge < -0.3 is 25.0 Å². The molecule has 0 bridgehead atoms. The molecule has 9 heteroatoms. The minimum Gasteiger partial charge on any atom is -0.460 e. The summed E-state index contributed by atoms with van der Waals surface area (Å²) in [4.78, 5) is 43.4. The number of β-lactam (4-membered cyclic amide) rings is 1. The predicted molar refractivity (Wildman–Crippen MR) is 153 cm³/mol. The number of fused-ring (bicyclic) bond motifs is 4. The number of thioether (sulfide) groups is 1. The topological polar surface area (TPSA) is 99.2 Å². The number of benzene rings is 2. The molecule has 3 heterocycles. The van der Waals surface area contributed by atoms with Gasteiger partial charge >= 0.3 is 5.97 Å². The molecule has 2 amide bonds. The van der Waals surface area contributed by atoms with E-state index < -0.39 is 18.0 Å². The summed E-state index contributed by atoms with van der Waals surface area (Å²) in [5, 5.41) is 13.7. The van der Waals surface area contributed by atoms with Gasteiger partial charge in [-0.2, -0.15) is 0 Å². The highest BCUT2D eigenvalue weighted by molar-refractivity contribution is 8.03. The van der Waals surface area contributed by atoms with Crippen LogP contribution in [0.15, 0.2) is 59.1 Å². The van der Waals surface area contributed by atoms with E-state index in [4.69, 9.17) is 4.74 Å². The lowest BCUT2D eigenvalue weighted by atomic mass is 9.79. The number of aliphatic hydroxyl groups excluding tert-OH is 1. The third-order valence-electron chi connectivity index (χ3n) is 8.77. The number of esters is 1. The zero-order valence-electron chi connectivity index (χ0n) is 23.2. The van der Waals surface area contributed by atoms with Crippen LogP contribution in [-0.4, -0.2) is 83.4 Å². The van der Waals surface area contributed by atoms with Crippen LogP contribution in [0.4, 0.5) is 0 Å².